The summed E-state index contributed by atoms with van der Waals surface area (Å²) in [4.78, 5) is 30.8. The number of benzene rings is 2. The summed E-state index contributed by atoms with van der Waals surface area (Å²) >= 11 is 6.88. The van der Waals surface area contributed by atoms with Gasteiger partial charge in [0.2, 0.25) is 0 Å². The van der Waals surface area contributed by atoms with E-state index in [-0.39, 0.29) is 12.5 Å². The monoisotopic (exact) mass is 550 g/mol. The highest BCUT2D eigenvalue weighted by atomic mass is 35.5. The lowest BCUT2D eigenvalue weighted by Gasteiger charge is -2.29. The molecule has 0 bridgehead atoms. The molecule has 0 atom stereocenters. The van der Waals surface area contributed by atoms with E-state index in [2.05, 4.69) is 30.9 Å². The van der Waals surface area contributed by atoms with Crippen molar-refractivity contribution in [3.8, 4) is 5.69 Å². The van der Waals surface area contributed by atoms with Crippen molar-refractivity contribution in [3.05, 3.63) is 75.4 Å². The summed E-state index contributed by atoms with van der Waals surface area (Å²) in [6.07, 6.45) is 5.02. The number of ether oxygens (including phenoxy) is 1. The number of hydrogen-bond donors (Lipinski definition) is 0. The van der Waals surface area contributed by atoms with E-state index in [4.69, 9.17) is 21.4 Å². The Bertz CT molecular complexity index is 1310. The maximum Gasteiger partial charge on any atom is 0.338 e. The van der Waals surface area contributed by atoms with E-state index in [1.807, 2.05) is 24.0 Å². The maximum absolute atomic E-state index is 14.0. The van der Waals surface area contributed by atoms with Crippen LogP contribution in [0.5, 0.6) is 0 Å². The molecule has 0 fully saturated rings. The summed E-state index contributed by atoms with van der Waals surface area (Å²) < 4.78 is 6.99. The van der Waals surface area contributed by atoms with E-state index in [1.165, 1.54) is 5.56 Å². The third-order valence-electron chi connectivity index (χ3n) is 7.27. The Morgan fingerprint density at radius 2 is 1.72 bits per heavy atom. The van der Waals surface area contributed by atoms with Crippen molar-refractivity contribution in [2.24, 2.45) is 0 Å². The second-order valence-corrected chi connectivity index (χ2v) is 10.4. The average molecular weight is 551 g/mol. The smallest absolute Gasteiger partial charge is 0.338 e. The Morgan fingerprint density at radius 1 is 1.03 bits per heavy atom. The number of carbonyl (C=O) groups excluding carboxylic acids is 2. The van der Waals surface area contributed by atoms with Crippen molar-refractivity contribution in [3.63, 3.8) is 0 Å². The third-order valence-corrected chi connectivity index (χ3v) is 7.72. The Balaban J connectivity index is 1.77. The maximum atomic E-state index is 14.0. The van der Waals surface area contributed by atoms with Crippen molar-refractivity contribution >= 4 is 29.3 Å². The number of fused-ring (bicyclic) bond motifs is 1. The van der Waals surface area contributed by atoms with Crippen LogP contribution in [-0.2, 0) is 17.7 Å². The summed E-state index contributed by atoms with van der Waals surface area (Å²) in [7, 11) is 0. The van der Waals surface area contributed by atoms with Gasteiger partial charge in [-0.15, -0.1) is 5.10 Å². The van der Waals surface area contributed by atoms with Gasteiger partial charge >= 0.3 is 5.97 Å². The van der Waals surface area contributed by atoms with E-state index < -0.39 is 5.97 Å². The van der Waals surface area contributed by atoms with Crippen LogP contribution in [0.1, 0.15) is 84.0 Å². The molecule has 0 aliphatic carbocycles. The van der Waals surface area contributed by atoms with Crippen LogP contribution in [0.25, 0.3) is 5.69 Å². The normalized spacial score (nSPS) is 12.8. The summed E-state index contributed by atoms with van der Waals surface area (Å²) in [5.74, 6) is 0.131. The number of anilines is 1. The topological polar surface area (TPSA) is 67.7 Å². The molecule has 3 aromatic rings. The molecule has 1 amide bonds. The Labute approximate surface area is 236 Å². The molecule has 2 aromatic carbocycles. The first-order valence-electron chi connectivity index (χ1n) is 14.1. The lowest BCUT2D eigenvalue weighted by Crippen LogP contribution is -2.36. The molecule has 1 aromatic heterocycles. The van der Waals surface area contributed by atoms with E-state index in [9.17, 15) is 9.59 Å². The number of aromatic nitrogens is 2. The second kappa shape index (κ2) is 13.2. The van der Waals surface area contributed by atoms with Gasteiger partial charge in [-0.3, -0.25) is 4.79 Å². The molecule has 0 saturated heterocycles. The second-order valence-electron chi connectivity index (χ2n) is 10.0. The van der Waals surface area contributed by atoms with Gasteiger partial charge < -0.3 is 14.5 Å². The molecular weight excluding hydrogens is 512 g/mol. The summed E-state index contributed by atoms with van der Waals surface area (Å²) in [5.41, 5.74) is 4.51. The molecule has 0 N–H and O–H groups in total. The standard InChI is InChI=1S/C31H39ClN4O3/c1-5-8-17-34(18-9-6-2)29-28(32)22(4)36(33-29)27-15-14-24(31(38)39-7-3)20-26(27)30(37)35-19-16-23-12-10-11-13-25(23)21-35/h10-15,20H,5-9,16-19,21H2,1-4H3. The van der Waals surface area contributed by atoms with E-state index in [1.54, 1.807) is 29.8 Å². The van der Waals surface area contributed by atoms with Gasteiger partial charge in [-0.2, -0.15) is 0 Å². The van der Waals surface area contributed by atoms with E-state index in [0.717, 1.165) is 62.3 Å². The van der Waals surface area contributed by atoms with Crippen LogP contribution in [0.15, 0.2) is 42.5 Å². The molecule has 0 saturated carbocycles. The van der Waals surface area contributed by atoms with Gasteiger partial charge in [0.25, 0.3) is 5.91 Å². The third kappa shape index (κ3) is 6.30. The van der Waals surface area contributed by atoms with E-state index in [0.29, 0.717) is 34.9 Å². The van der Waals surface area contributed by atoms with Gasteiger partial charge in [0.05, 0.1) is 29.1 Å². The molecule has 8 heteroatoms. The molecule has 208 valence electrons. The first-order valence-corrected chi connectivity index (χ1v) is 14.4. The highest BCUT2D eigenvalue weighted by Crippen LogP contribution is 2.33. The molecule has 0 radical (unpaired) electrons. The number of rotatable bonds is 11. The Kier molecular flexibility index (Phi) is 9.68. The molecule has 39 heavy (non-hydrogen) atoms. The van der Waals surface area contributed by atoms with Crippen LogP contribution < -0.4 is 4.90 Å². The number of amides is 1. The zero-order chi connectivity index (χ0) is 27.9. The van der Waals surface area contributed by atoms with Gasteiger partial charge in [-0.1, -0.05) is 62.6 Å². The zero-order valence-corrected chi connectivity index (χ0v) is 24.3. The quantitative estimate of drug-likeness (QED) is 0.251. The fourth-order valence-electron chi connectivity index (χ4n) is 5.00. The van der Waals surface area contributed by atoms with Crippen molar-refractivity contribution in [1.29, 1.82) is 0 Å². The summed E-state index contributed by atoms with van der Waals surface area (Å²) in [5, 5.41) is 5.53. The van der Waals surface area contributed by atoms with Gasteiger partial charge in [-0.25, -0.2) is 9.48 Å². The minimum absolute atomic E-state index is 0.146. The summed E-state index contributed by atoms with van der Waals surface area (Å²) in [6.45, 7) is 11.1. The molecule has 4 rings (SSSR count). The van der Waals surface area contributed by atoms with E-state index >= 15 is 0 Å². The minimum atomic E-state index is -0.455. The largest absolute Gasteiger partial charge is 0.462 e. The fourth-order valence-corrected chi connectivity index (χ4v) is 5.24. The van der Waals surface area contributed by atoms with Gasteiger partial charge in [-0.05, 0) is 62.4 Å². The SMILES string of the molecule is CCCCN(CCCC)c1nn(-c2ccc(C(=O)OCC)cc2C(=O)N2CCc3ccccc3C2)c(C)c1Cl. The lowest BCUT2D eigenvalue weighted by atomic mass is 9.98. The van der Waals surface area contributed by atoms with Gasteiger partial charge in [0.1, 0.15) is 5.02 Å². The van der Waals surface area contributed by atoms with Gasteiger partial charge in [0.15, 0.2) is 5.82 Å². The van der Waals surface area contributed by atoms with Crippen molar-refractivity contribution in [2.45, 2.75) is 66.3 Å². The zero-order valence-electron chi connectivity index (χ0n) is 23.5. The van der Waals surface area contributed by atoms with Crippen LogP contribution >= 0.6 is 11.6 Å². The highest BCUT2D eigenvalue weighted by Gasteiger charge is 2.27. The number of esters is 1. The summed E-state index contributed by atoms with van der Waals surface area (Å²) in [6, 6.07) is 13.3. The predicted molar refractivity (Wildman–Crippen MR) is 156 cm³/mol. The van der Waals surface area contributed by atoms with Crippen LogP contribution in [0, 0.1) is 6.92 Å². The van der Waals surface area contributed by atoms with Crippen LogP contribution in [0.4, 0.5) is 5.82 Å². The molecule has 1 aliphatic rings. The van der Waals surface area contributed by atoms with Crippen LogP contribution in [0.3, 0.4) is 0 Å². The molecule has 2 heterocycles. The number of halogens is 1. The van der Waals surface area contributed by atoms with Crippen LogP contribution in [0.2, 0.25) is 5.02 Å². The minimum Gasteiger partial charge on any atom is -0.462 e. The van der Waals surface area contributed by atoms with Crippen LogP contribution in [-0.4, -0.2) is 52.8 Å². The van der Waals surface area contributed by atoms with Crippen molar-refractivity contribution in [1.82, 2.24) is 14.7 Å². The molecular formula is C31H39ClN4O3. The van der Waals surface area contributed by atoms with Crippen molar-refractivity contribution < 1.29 is 14.3 Å². The number of nitrogens with zero attached hydrogens (tertiary/aromatic N) is 4. The highest BCUT2D eigenvalue weighted by molar-refractivity contribution is 6.33. The number of hydrogen-bond acceptors (Lipinski definition) is 5. The number of carbonyl (C=O) groups is 2. The average Bonchev–Trinajstić information content (AvgIpc) is 3.25. The number of unbranched alkanes of at least 4 members (excludes halogenated alkanes) is 2. The fraction of sp³-hybridized carbons (Fsp3) is 0.452. The molecule has 7 nitrogen and oxygen atoms in total. The molecule has 0 spiro atoms. The first-order chi connectivity index (χ1) is 18.9. The van der Waals surface area contributed by atoms with Gasteiger partial charge in [0, 0.05) is 26.2 Å². The Morgan fingerprint density at radius 3 is 2.38 bits per heavy atom. The predicted octanol–water partition coefficient (Wildman–Crippen LogP) is 6.62. The first kappa shape index (κ1) is 28.7. The Hall–Kier alpha value is -3.32. The molecule has 0 unspecified atom stereocenters. The molecule has 1 aliphatic heterocycles. The lowest BCUT2D eigenvalue weighted by molar-refractivity contribution is 0.0526. The van der Waals surface area contributed by atoms with Crippen molar-refractivity contribution in [2.75, 3.05) is 31.1 Å².